The van der Waals surface area contributed by atoms with Crippen molar-refractivity contribution in [2.45, 2.75) is 17.7 Å². The monoisotopic (exact) mass is 277 g/mol. The Kier molecular flexibility index (Phi) is 2.32. The van der Waals surface area contributed by atoms with Gasteiger partial charge in [-0.1, -0.05) is 40.2 Å². The standard InChI is InChI=1S/C12H12BrN3/c1-16-11(7-13)14-15-12(16)10-6-8-4-2-3-5-9(8)10/h2-5,10H,6-7H2,1H3. The van der Waals surface area contributed by atoms with E-state index >= 15 is 0 Å². The van der Waals surface area contributed by atoms with Gasteiger partial charge in [-0.05, 0) is 17.5 Å². The molecule has 3 rings (SSSR count). The summed E-state index contributed by atoms with van der Waals surface area (Å²) in [7, 11) is 2.03. The van der Waals surface area contributed by atoms with Gasteiger partial charge in [-0.15, -0.1) is 10.2 Å². The van der Waals surface area contributed by atoms with Crippen molar-refractivity contribution in [3.05, 3.63) is 47.0 Å². The van der Waals surface area contributed by atoms with E-state index in [1.165, 1.54) is 11.1 Å². The Bertz CT molecular complexity index is 533. The smallest absolute Gasteiger partial charge is 0.143 e. The first-order valence-electron chi connectivity index (χ1n) is 5.33. The molecule has 0 saturated heterocycles. The summed E-state index contributed by atoms with van der Waals surface area (Å²) in [5, 5.41) is 9.22. The van der Waals surface area contributed by atoms with Crippen molar-refractivity contribution in [2.75, 3.05) is 0 Å². The molecule has 0 fully saturated rings. The first-order valence-corrected chi connectivity index (χ1v) is 6.45. The summed E-state index contributed by atoms with van der Waals surface area (Å²) in [6.45, 7) is 0. The van der Waals surface area contributed by atoms with Crippen LogP contribution in [-0.2, 0) is 18.8 Å². The average Bonchev–Trinajstić information content (AvgIpc) is 2.62. The van der Waals surface area contributed by atoms with Crippen LogP contribution >= 0.6 is 15.9 Å². The summed E-state index contributed by atoms with van der Waals surface area (Å²) >= 11 is 3.42. The highest BCUT2D eigenvalue weighted by molar-refractivity contribution is 9.08. The highest BCUT2D eigenvalue weighted by Crippen LogP contribution is 2.38. The van der Waals surface area contributed by atoms with Crippen molar-refractivity contribution in [3.63, 3.8) is 0 Å². The lowest BCUT2D eigenvalue weighted by Gasteiger charge is -2.29. The first kappa shape index (κ1) is 10.0. The van der Waals surface area contributed by atoms with Gasteiger partial charge in [0.2, 0.25) is 0 Å². The molecule has 1 heterocycles. The number of hydrogen-bond donors (Lipinski definition) is 0. The van der Waals surface area contributed by atoms with Crippen LogP contribution in [0.1, 0.15) is 28.7 Å². The SMILES string of the molecule is Cn1c(CBr)nnc1C1Cc2ccccc21. The predicted molar refractivity (Wildman–Crippen MR) is 65.6 cm³/mol. The zero-order valence-electron chi connectivity index (χ0n) is 9.02. The summed E-state index contributed by atoms with van der Waals surface area (Å²) in [6, 6.07) is 8.56. The summed E-state index contributed by atoms with van der Waals surface area (Å²) in [5.41, 5.74) is 2.84. The van der Waals surface area contributed by atoms with E-state index in [1.807, 2.05) is 7.05 Å². The molecule has 16 heavy (non-hydrogen) atoms. The molecule has 0 saturated carbocycles. The van der Waals surface area contributed by atoms with E-state index in [0.29, 0.717) is 5.92 Å². The van der Waals surface area contributed by atoms with Crippen LogP contribution in [0.15, 0.2) is 24.3 Å². The van der Waals surface area contributed by atoms with Gasteiger partial charge in [0, 0.05) is 13.0 Å². The Morgan fingerprint density at radius 1 is 1.38 bits per heavy atom. The third-order valence-electron chi connectivity index (χ3n) is 3.28. The molecule has 0 radical (unpaired) electrons. The topological polar surface area (TPSA) is 30.7 Å². The van der Waals surface area contributed by atoms with Gasteiger partial charge in [-0.3, -0.25) is 0 Å². The number of fused-ring (bicyclic) bond motifs is 1. The van der Waals surface area contributed by atoms with Gasteiger partial charge < -0.3 is 4.57 Å². The second kappa shape index (κ2) is 3.70. The number of alkyl halides is 1. The maximum Gasteiger partial charge on any atom is 0.143 e. The van der Waals surface area contributed by atoms with Crippen LogP contribution < -0.4 is 0 Å². The van der Waals surface area contributed by atoms with E-state index in [-0.39, 0.29) is 0 Å². The molecule has 0 spiro atoms. The summed E-state index contributed by atoms with van der Waals surface area (Å²) < 4.78 is 2.09. The highest BCUT2D eigenvalue weighted by atomic mass is 79.9. The van der Waals surface area contributed by atoms with Crippen LogP contribution in [0.5, 0.6) is 0 Å². The molecule has 1 aromatic heterocycles. The molecule has 0 amide bonds. The van der Waals surface area contributed by atoms with Crippen LogP contribution in [0.2, 0.25) is 0 Å². The van der Waals surface area contributed by atoms with Crippen LogP contribution in [-0.4, -0.2) is 14.8 Å². The van der Waals surface area contributed by atoms with E-state index in [0.717, 1.165) is 23.4 Å². The van der Waals surface area contributed by atoms with Crippen LogP contribution in [0.25, 0.3) is 0 Å². The fourth-order valence-electron chi connectivity index (χ4n) is 2.28. The molecule has 0 bridgehead atoms. The molecule has 0 N–H and O–H groups in total. The van der Waals surface area contributed by atoms with E-state index in [2.05, 4.69) is 55.0 Å². The van der Waals surface area contributed by atoms with Crippen molar-refractivity contribution in [3.8, 4) is 0 Å². The molecule has 2 aromatic rings. The Balaban J connectivity index is 1.99. The van der Waals surface area contributed by atoms with Crippen molar-refractivity contribution in [1.29, 1.82) is 0 Å². The summed E-state index contributed by atoms with van der Waals surface area (Å²) in [6.07, 6.45) is 1.09. The van der Waals surface area contributed by atoms with Crippen LogP contribution in [0.4, 0.5) is 0 Å². The van der Waals surface area contributed by atoms with E-state index in [1.54, 1.807) is 0 Å². The minimum Gasteiger partial charge on any atom is -0.317 e. The molecule has 0 aliphatic heterocycles. The van der Waals surface area contributed by atoms with E-state index < -0.39 is 0 Å². The number of hydrogen-bond acceptors (Lipinski definition) is 2. The fourth-order valence-corrected chi connectivity index (χ4v) is 2.77. The van der Waals surface area contributed by atoms with Crippen LogP contribution in [0, 0.1) is 0 Å². The predicted octanol–water partition coefficient (Wildman–Crippen LogP) is 2.40. The zero-order chi connectivity index (χ0) is 11.1. The average molecular weight is 278 g/mol. The van der Waals surface area contributed by atoms with Gasteiger partial charge in [0.25, 0.3) is 0 Å². The van der Waals surface area contributed by atoms with Crippen molar-refractivity contribution in [2.24, 2.45) is 7.05 Å². The minimum atomic E-state index is 0.432. The van der Waals surface area contributed by atoms with Crippen molar-refractivity contribution in [1.82, 2.24) is 14.8 Å². The Morgan fingerprint density at radius 3 is 2.88 bits per heavy atom. The number of nitrogens with zero attached hydrogens (tertiary/aromatic N) is 3. The number of benzene rings is 1. The lowest BCUT2D eigenvalue weighted by molar-refractivity contribution is 0.622. The minimum absolute atomic E-state index is 0.432. The molecule has 1 aromatic carbocycles. The molecule has 3 nitrogen and oxygen atoms in total. The third-order valence-corrected chi connectivity index (χ3v) is 3.79. The lowest BCUT2D eigenvalue weighted by Crippen LogP contribution is -2.21. The number of aromatic nitrogens is 3. The second-order valence-corrected chi connectivity index (χ2v) is 4.68. The van der Waals surface area contributed by atoms with Gasteiger partial charge in [-0.2, -0.15) is 0 Å². The van der Waals surface area contributed by atoms with E-state index in [4.69, 9.17) is 0 Å². The molecule has 82 valence electrons. The third kappa shape index (κ3) is 1.33. The number of rotatable bonds is 2. The number of halogens is 1. The second-order valence-electron chi connectivity index (χ2n) is 4.12. The van der Waals surface area contributed by atoms with Crippen molar-refractivity contribution < 1.29 is 0 Å². The highest BCUT2D eigenvalue weighted by Gasteiger charge is 2.30. The molecular formula is C12H12BrN3. The zero-order valence-corrected chi connectivity index (χ0v) is 10.6. The molecule has 1 atom stereocenters. The lowest BCUT2D eigenvalue weighted by atomic mass is 9.77. The van der Waals surface area contributed by atoms with Gasteiger partial charge in [0.1, 0.15) is 11.6 Å². The molecule has 1 aliphatic carbocycles. The van der Waals surface area contributed by atoms with Gasteiger partial charge in [0.15, 0.2) is 0 Å². The maximum absolute atomic E-state index is 4.29. The van der Waals surface area contributed by atoms with Crippen molar-refractivity contribution >= 4 is 15.9 Å². The van der Waals surface area contributed by atoms with E-state index in [9.17, 15) is 0 Å². The summed E-state index contributed by atoms with van der Waals surface area (Å²) in [5.74, 6) is 2.49. The molecule has 4 heteroatoms. The van der Waals surface area contributed by atoms with Gasteiger partial charge in [-0.25, -0.2) is 0 Å². The van der Waals surface area contributed by atoms with Gasteiger partial charge in [0.05, 0.1) is 5.33 Å². The Hall–Kier alpha value is -1.16. The largest absolute Gasteiger partial charge is 0.317 e. The molecule has 1 aliphatic rings. The Morgan fingerprint density at radius 2 is 2.19 bits per heavy atom. The quantitative estimate of drug-likeness (QED) is 0.790. The normalized spacial score (nSPS) is 18.0. The molecule has 1 unspecified atom stereocenters. The van der Waals surface area contributed by atoms with Gasteiger partial charge >= 0.3 is 0 Å². The maximum atomic E-state index is 4.29. The molecular weight excluding hydrogens is 266 g/mol. The fraction of sp³-hybridized carbons (Fsp3) is 0.333. The Labute approximate surface area is 103 Å². The van der Waals surface area contributed by atoms with Crippen LogP contribution in [0.3, 0.4) is 0 Å². The first-order chi connectivity index (χ1) is 7.81. The summed E-state index contributed by atoms with van der Waals surface area (Å²) in [4.78, 5) is 0.